The normalized spacial score (nSPS) is 13.1. The number of nitrogens with zero attached hydrogens (tertiary/aromatic N) is 1. The lowest BCUT2D eigenvalue weighted by molar-refractivity contribution is 0.171. The fourth-order valence-corrected chi connectivity index (χ4v) is 2.26. The zero-order valence-electron chi connectivity index (χ0n) is 11.5. The van der Waals surface area contributed by atoms with Crippen LogP contribution in [0.15, 0.2) is 12.1 Å². The number of aliphatic hydroxyl groups excluding tert-OH is 1. The number of methoxy groups -OCH3 is 1. The summed E-state index contributed by atoms with van der Waals surface area (Å²) >= 11 is 0. The molecule has 1 aromatic carbocycles. The van der Waals surface area contributed by atoms with E-state index >= 15 is 0 Å². The van der Waals surface area contributed by atoms with Gasteiger partial charge < -0.3 is 19.3 Å². The highest BCUT2D eigenvalue weighted by atomic mass is 16.7. The highest BCUT2D eigenvalue weighted by Gasteiger charge is 2.20. The molecule has 0 aliphatic carbocycles. The molecular formula is C14H21NO4. The van der Waals surface area contributed by atoms with E-state index < -0.39 is 0 Å². The van der Waals surface area contributed by atoms with Crippen molar-refractivity contribution in [1.29, 1.82) is 0 Å². The molecule has 1 aliphatic heterocycles. The Labute approximate surface area is 113 Å². The number of ether oxygens (including phenoxy) is 3. The lowest BCUT2D eigenvalue weighted by Crippen LogP contribution is -2.27. The van der Waals surface area contributed by atoms with E-state index in [9.17, 15) is 0 Å². The third-order valence-electron chi connectivity index (χ3n) is 3.08. The first-order valence-electron chi connectivity index (χ1n) is 6.58. The van der Waals surface area contributed by atoms with Crippen LogP contribution in [0.25, 0.3) is 0 Å². The van der Waals surface area contributed by atoms with E-state index in [4.69, 9.17) is 19.3 Å². The highest BCUT2D eigenvalue weighted by molar-refractivity contribution is 5.55. The molecule has 5 heteroatoms. The fraction of sp³-hybridized carbons (Fsp3) is 0.571. The molecule has 0 saturated carbocycles. The monoisotopic (exact) mass is 267 g/mol. The zero-order valence-corrected chi connectivity index (χ0v) is 11.5. The van der Waals surface area contributed by atoms with Crippen LogP contribution in [0.5, 0.6) is 17.2 Å². The van der Waals surface area contributed by atoms with Crippen LogP contribution in [0.3, 0.4) is 0 Å². The van der Waals surface area contributed by atoms with Crippen molar-refractivity contribution in [1.82, 2.24) is 4.90 Å². The van der Waals surface area contributed by atoms with Crippen molar-refractivity contribution in [2.24, 2.45) is 0 Å². The van der Waals surface area contributed by atoms with Gasteiger partial charge in [-0.3, -0.25) is 4.90 Å². The molecule has 0 radical (unpaired) electrons. The van der Waals surface area contributed by atoms with E-state index in [0.29, 0.717) is 18.0 Å². The van der Waals surface area contributed by atoms with Gasteiger partial charge in [0, 0.05) is 13.1 Å². The van der Waals surface area contributed by atoms with Crippen molar-refractivity contribution >= 4 is 0 Å². The van der Waals surface area contributed by atoms with E-state index in [1.807, 2.05) is 12.1 Å². The molecule has 5 nitrogen and oxygen atoms in total. The second-order valence-corrected chi connectivity index (χ2v) is 4.53. The summed E-state index contributed by atoms with van der Waals surface area (Å²) in [6.45, 7) is 4.93. The van der Waals surface area contributed by atoms with Crippen LogP contribution in [0.2, 0.25) is 0 Å². The topological polar surface area (TPSA) is 51.2 Å². The van der Waals surface area contributed by atoms with Gasteiger partial charge in [-0.25, -0.2) is 0 Å². The molecule has 1 N–H and O–H groups in total. The Kier molecular flexibility index (Phi) is 4.87. The first-order valence-corrected chi connectivity index (χ1v) is 6.58. The Morgan fingerprint density at radius 3 is 2.84 bits per heavy atom. The second kappa shape index (κ2) is 6.63. The molecule has 0 aromatic heterocycles. The molecule has 2 rings (SSSR count). The predicted molar refractivity (Wildman–Crippen MR) is 71.8 cm³/mol. The maximum Gasteiger partial charge on any atom is 0.231 e. The average Bonchev–Trinajstić information content (AvgIpc) is 2.86. The molecule has 1 aliphatic rings. The molecule has 0 amide bonds. The van der Waals surface area contributed by atoms with E-state index in [2.05, 4.69) is 11.8 Å². The SMILES string of the molecule is CCCN(CCO)Cc1cc(OC)c2c(c1)OCO2. The summed E-state index contributed by atoms with van der Waals surface area (Å²) < 4.78 is 16.1. The number of aliphatic hydroxyl groups is 1. The van der Waals surface area contributed by atoms with Gasteiger partial charge in [0.2, 0.25) is 12.5 Å². The third kappa shape index (κ3) is 3.30. The molecule has 0 saturated heterocycles. The molecule has 0 unspecified atom stereocenters. The van der Waals surface area contributed by atoms with Crippen molar-refractivity contribution < 1.29 is 19.3 Å². The molecule has 106 valence electrons. The smallest absolute Gasteiger partial charge is 0.231 e. The first-order chi connectivity index (χ1) is 9.28. The van der Waals surface area contributed by atoms with Gasteiger partial charge in [0.25, 0.3) is 0 Å². The van der Waals surface area contributed by atoms with Crippen molar-refractivity contribution in [3.63, 3.8) is 0 Å². The third-order valence-corrected chi connectivity index (χ3v) is 3.08. The molecule has 1 heterocycles. The van der Waals surface area contributed by atoms with Crippen LogP contribution in [-0.4, -0.2) is 43.6 Å². The Balaban J connectivity index is 2.15. The summed E-state index contributed by atoms with van der Waals surface area (Å²) in [5.41, 5.74) is 1.10. The summed E-state index contributed by atoms with van der Waals surface area (Å²) in [7, 11) is 1.62. The summed E-state index contributed by atoms with van der Waals surface area (Å²) in [5.74, 6) is 2.11. The Morgan fingerprint density at radius 2 is 2.16 bits per heavy atom. The molecule has 0 fully saturated rings. The zero-order chi connectivity index (χ0) is 13.7. The van der Waals surface area contributed by atoms with Gasteiger partial charge >= 0.3 is 0 Å². The van der Waals surface area contributed by atoms with Crippen molar-refractivity contribution in [3.05, 3.63) is 17.7 Å². The minimum absolute atomic E-state index is 0.168. The first kappa shape index (κ1) is 14.0. The van der Waals surface area contributed by atoms with E-state index in [1.165, 1.54) is 0 Å². The van der Waals surface area contributed by atoms with Crippen LogP contribution < -0.4 is 14.2 Å². The number of rotatable bonds is 7. The number of hydrogen-bond acceptors (Lipinski definition) is 5. The van der Waals surface area contributed by atoms with E-state index in [-0.39, 0.29) is 13.4 Å². The fourth-order valence-electron chi connectivity index (χ4n) is 2.26. The van der Waals surface area contributed by atoms with Crippen LogP contribution in [0.4, 0.5) is 0 Å². The quantitative estimate of drug-likeness (QED) is 0.813. The Bertz CT molecular complexity index is 416. The van der Waals surface area contributed by atoms with Crippen LogP contribution in [0.1, 0.15) is 18.9 Å². The van der Waals surface area contributed by atoms with Gasteiger partial charge in [0.1, 0.15) is 0 Å². The molecule has 0 atom stereocenters. The predicted octanol–water partition coefficient (Wildman–Crippen LogP) is 1.63. The molecule has 0 bridgehead atoms. The van der Waals surface area contributed by atoms with Crippen LogP contribution in [-0.2, 0) is 6.54 Å². The Morgan fingerprint density at radius 1 is 1.32 bits per heavy atom. The van der Waals surface area contributed by atoms with Gasteiger partial charge in [-0.1, -0.05) is 6.92 Å². The van der Waals surface area contributed by atoms with E-state index in [0.717, 1.165) is 30.8 Å². The summed E-state index contributed by atoms with van der Waals surface area (Å²) in [6.07, 6.45) is 1.06. The van der Waals surface area contributed by atoms with Crippen molar-refractivity contribution in [2.75, 3.05) is 33.6 Å². The van der Waals surface area contributed by atoms with Gasteiger partial charge in [0.05, 0.1) is 13.7 Å². The number of fused-ring (bicyclic) bond motifs is 1. The van der Waals surface area contributed by atoms with Gasteiger partial charge in [0.15, 0.2) is 11.5 Å². The molecular weight excluding hydrogens is 246 g/mol. The highest BCUT2D eigenvalue weighted by Crippen LogP contribution is 2.41. The minimum atomic E-state index is 0.168. The van der Waals surface area contributed by atoms with Gasteiger partial charge in [-0.05, 0) is 30.7 Å². The van der Waals surface area contributed by atoms with Crippen LogP contribution >= 0.6 is 0 Å². The lowest BCUT2D eigenvalue weighted by atomic mass is 10.1. The van der Waals surface area contributed by atoms with Crippen molar-refractivity contribution in [2.45, 2.75) is 19.9 Å². The number of benzene rings is 1. The van der Waals surface area contributed by atoms with Gasteiger partial charge in [-0.15, -0.1) is 0 Å². The number of hydrogen-bond donors (Lipinski definition) is 1. The molecule has 19 heavy (non-hydrogen) atoms. The summed E-state index contributed by atoms with van der Waals surface area (Å²) in [5, 5.41) is 9.09. The second-order valence-electron chi connectivity index (χ2n) is 4.53. The standard InChI is InChI=1S/C14H21NO4/c1-3-4-15(5-6-16)9-11-7-12(17-2)14-13(8-11)18-10-19-14/h7-8,16H,3-6,9-10H2,1-2H3. The Hall–Kier alpha value is -1.46. The van der Waals surface area contributed by atoms with Crippen LogP contribution in [0, 0.1) is 0 Å². The lowest BCUT2D eigenvalue weighted by Gasteiger charge is -2.21. The average molecular weight is 267 g/mol. The molecule has 0 spiro atoms. The van der Waals surface area contributed by atoms with Gasteiger partial charge in [-0.2, -0.15) is 0 Å². The maximum atomic E-state index is 9.09. The maximum absolute atomic E-state index is 9.09. The van der Waals surface area contributed by atoms with E-state index in [1.54, 1.807) is 7.11 Å². The van der Waals surface area contributed by atoms with Crippen molar-refractivity contribution in [3.8, 4) is 17.2 Å². The summed E-state index contributed by atoms with van der Waals surface area (Å²) in [4.78, 5) is 2.21. The summed E-state index contributed by atoms with van der Waals surface area (Å²) in [6, 6.07) is 3.94. The molecule has 1 aromatic rings. The largest absolute Gasteiger partial charge is 0.493 e. The minimum Gasteiger partial charge on any atom is -0.493 e.